The highest BCUT2D eigenvalue weighted by Crippen LogP contribution is 2.39. The fraction of sp³-hybridized carbons (Fsp3) is 0.333. The first-order valence-electron chi connectivity index (χ1n) is 6.52. The van der Waals surface area contributed by atoms with Crippen molar-refractivity contribution in [2.45, 2.75) is 32.6 Å². The van der Waals surface area contributed by atoms with E-state index in [9.17, 15) is 0 Å². The molecular formula is C15H14Br2N2O. The second-order valence-corrected chi connectivity index (χ2v) is 6.74. The van der Waals surface area contributed by atoms with Crippen molar-refractivity contribution >= 4 is 31.9 Å². The fourth-order valence-electron chi connectivity index (χ4n) is 2.08. The Labute approximate surface area is 135 Å². The minimum absolute atomic E-state index is 0.503. The van der Waals surface area contributed by atoms with Gasteiger partial charge < -0.3 is 4.74 Å². The monoisotopic (exact) mass is 396 g/mol. The Morgan fingerprint density at radius 1 is 1.05 bits per heavy atom. The molecule has 0 atom stereocenters. The number of hydrogen-bond acceptors (Lipinski definition) is 3. The summed E-state index contributed by atoms with van der Waals surface area (Å²) in [5, 5.41) is 0. The molecule has 0 unspecified atom stereocenters. The standard InChI is InChI=1S/C15H14Br2N2O/c1-8-5-11(6-9(2)14(8)17)20-13-7-12(16)18-15(19-13)10-3-4-10/h5-7,10H,3-4H2,1-2H3. The maximum atomic E-state index is 5.89. The van der Waals surface area contributed by atoms with E-state index in [1.54, 1.807) is 6.07 Å². The second kappa shape index (κ2) is 5.45. The zero-order valence-corrected chi connectivity index (χ0v) is 14.5. The van der Waals surface area contributed by atoms with Crippen LogP contribution in [0.5, 0.6) is 11.6 Å². The smallest absolute Gasteiger partial charge is 0.223 e. The van der Waals surface area contributed by atoms with Crippen LogP contribution in [-0.4, -0.2) is 9.97 Å². The van der Waals surface area contributed by atoms with Gasteiger partial charge in [0.15, 0.2) is 0 Å². The zero-order valence-electron chi connectivity index (χ0n) is 11.3. The van der Waals surface area contributed by atoms with Crippen LogP contribution in [0.1, 0.15) is 35.7 Å². The Morgan fingerprint density at radius 2 is 1.70 bits per heavy atom. The average Bonchev–Trinajstić information content (AvgIpc) is 3.19. The van der Waals surface area contributed by atoms with Gasteiger partial charge >= 0.3 is 0 Å². The molecule has 1 aliphatic carbocycles. The number of benzene rings is 1. The number of aryl methyl sites for hydroxylation is 2. The van der Waals surface area contributed by atoms with Gasteiger partial charge in [-0.25, -0.2) is 4.98 Å². The molecule has 0 saturated heterocycles. The molecule has 1 aromatic carbocycles. The Bertz CT molecular complexity index is 646. The van der Waals surface area contributed by atoms with E-state index < -0.39 is 0 Å². The normalized spacial score (nSPS) is 14.4. The maximum absolute atomic E-state index is 5.89. The van der Waals surface area contributed by atoms with E-state index in [2.05, 4.69) is 55.7 Å². The number of hydrogen-bond donors (Lipinski definition) is 0. The molecular weight excluding hydrogens is 384 g/mol. The van der Waals surface area contributed by atoms with Gasteiger partial charge in [-0.15, -0.1) is 0 Å². The van der Waals surface area contributed by atoms with E-state index in [0.29, 0.717) is 11.8 Å². The number of halogens is 2. The van der Waals surface area contributed by atoms with Gasteiger partial charge in [0.2, 0.25) is 5.88 Å². The topological polar surface area (TPSA) is 35.0 Å². The molecule has 104 valence electrons. The van der Waals surface area contributed by atoms with Gasteiger partial charge in [0.25, 0.3) is 0 Å². The van der Waals surface area contributed by atoms with Crippen molar-refractivity contribution in [3.8, 4) is 11.6 Å². The number of ether oxygens (including phenoxy) is 1. The predicted molar refractivity (Wildman–Crippen MR) is 85.4 cm³/mol. The molecule has 0 bridgehead atoms. The van der Waals surface area contributed by atoms with Crippen molar-refractivity contribution in [3.05, 3.63) is 44.2 Å². The maximum Gasteiger partial charge on any atom is 0.223 e. The lowest BCUT2D eigenvalue weighted by Crippen LogP contribution is -1.97. The third-order valence-corrected chi connectivity index (χ3v) is 4.92. The van der Waals surface area contributed by atoms with Gasteiger partial charge in [-0.3, -0.25) is 0 Å². The molecule has 0 N–H and O–H groups in total. The molecule has 1 fully saturated rings. The molecule has 1 aromatic heterocycles. The van der Waals surface area contributed by atoms with Crippen LogP contribution in [0.2, 0.25) is 0 Å². The van der Waals surface area contributed by atoms with Gasteiger partial charge in [-0.2, -0.15) is 4.98 Å². The van der Waals surface area contributed by atoms with Crippen molar-refractivity contribution in [1.82, 2.24) is 9.97 Å². The largest absolute Gasteiger partial charge is 0.439 e. The van der Waals surface area contributed by atoms with Crippen molar-refractivity contribution in [1.29, 1.82) is 0 Å². The Hall–Kier alpha value is -0.940. The SMILES string of the molecule is Cc1cc(Oc2cc(Br)nc(C3CC3)n2)cc(C)c1Br. The molecule has 0 aliphatic heterocycles. The van der Waals surface area contributed by atoms with E-state index in [0.717, 1.165) is 31.8 Å². The fourth-order valence-corrected chi connectivity index (χ4v) is 2.68. The lowest BCUT2D eigenvalue weighted by Gasteiger charge is -2.10. The minimum Gasteiger partial charge on any atom is -0.439 e. The molecule has 20 heavy (non-hydrogen) atoms. The quantitative estimate of drug-likeness (QED) is 0.660. The van der Waals surface area contributed by atoms with Crippen LogP contribution in [-0.2, 0) is 0 Å². The van der Waals surface area contributed by atoms with Crippen LogP contribution >= 0.6 is 31.9 Å². The summed E-state index contributed by atoms with van der Waals surface area (Å²) >= 11 is 6.98. The predicted octanol–water partition coefficient (Wildman–Crippen LogP) is 5.29. The van der Waals surface area contributed by atoms with Crippen molar-refractivity contribution in [2.24, 2.45) is 0 Å². The molecule has 3 rings (SSSR count). The highest BCUT2D eigenvalue weighted by atomic mass is 79.9. The molecule has 1 aliphatic rings. The third kappa shape index (κ3) is 3.04. The number of nitrogens with zero attached hydrogens (tertiary/aromatic N) is 2. The van der Waals surface area contributed by atoms with Crippen molar-refractivity contribution in [3.63, 3.8) is 0 Å². The lowest BCUT2D eigenvalue weighted by atomic mass is 10.1. The molecule has 0 radical (unpaired) electrons. The van der Waals surface area contributed by atoms with Crippen LogP contribution in [0.25, 0.3) is 0 Å². The van der Waals surface area contributed by atoms with E-state index in [-0.39, 0.29) is 0 Å². The Balaban J connectivity index is 1.91. The summed E-state index contributed by atoms with van der Waals surface area (Å²) in [5.74, 6) is 2.77. The lowest BCUT2D eigenvalue weighted by molar-refractivity contribution is 0.457. The second-order valence-electron chi connectivity index (χ2n) is 5.13. The molecule has 3 nitrogen and oxygen atoms in total. The van der Waals surface area contributed by atoms with Crippen LogP contribution in [0.4, 0.5) is 0 Å². The van der Waals surface area contributed by atoms with Gasteiger partial charge in [0, 0.05) is 16.5 Å². The van der Waals surface area contributed by atoms with E-state index in [4.69, 9.17) is 4.74 Å². The van der Waals surface area contributed by atoms with Crippen LogP contribution < -0.4 is 4.74 Å². The van der Waals surface area contributed by atoms with E-state index >= 15 is 0 Å². The molecule has 1 saturated carbocycles. The summed E-state index contributed by atoms with van der Waals surface area (Å²) in [5.41, 5.74) is 2.30. The molecule has 0 spiro atoms. The summed E-state index contributed by atoms with van der Waals surface area (Å²) in [4.78, 5) is 8.90. The van der Waals surface area contributed by atoms with Gasteiger partial charge in [-0.1, -0.05) is 15.9 Å². The zero-order chi connectivity index (χ0) is 14.3. The van der Waals surface area contributed by atoms with E-state index in [1.807, 2.05) is 12.1 Å². The first-order chi connectivity index (χ1) is 9.52. The summed E-state index contributed by atoms with van der Waals surface area (Å²) in [6.07, 6.45) is 2.35. The molecule has 0 amide bonds. The molecule has 5 heteroatoms. The van der Waals surface area contributed by atoms with Crippen molar-refractivity contribution < 1.29 is 4.74 Å². The van der Waals surface area contributed by atoms with Crippen LogP contribution in [0.15, 0.2) is 27.3 Å². The number of aromatic nitrogens is 2. The summed E-state index contributed by atoms with van der Waals surface area (Å²) < 4.78 is 7.78. The summed E-state index contributed by atoms with van der Waals surface area (Å²) in [6.45, 7) is 4.10. The van der Waals surface area contributed by atoms with E-state index in [1.165, 1.54) is 12.8 Å². The van der Waals surface area contributed by atoms with Crippen LogP contribution in [0.3, 0.4) is 0 Å². The van der Waals surface area contributed by atoms with Crippen molar-refractivity contribution in [2.75, 3.05) is 0 Å². The van der Waals surface area contributed by atoms with Gasteiger partial charge in [0.05, 0.1) is 0 Å². The van der Waals surface area contributed by atoms with Gasteiger partial charge in [0.1, 0.15) is 16.2 Å². The highest BCUT2D eigenvalue weighted by Gasteiger charge is 2.27. The average molecular weight is 398 g/mol. The van der Waals surface area contributed by atoms with Crippen LogP contribution in [0, 0.1) is 13.8 Å². The molecule has 2 aromatic rings. The first kappa shape index (κ1) is 14.0. The van der Waals surface area contributed by atoms with Gasteiger partial charge in [-0.05, 0) is 65.9 Å². The Morgan fingerprint density at radius 3 is 2.30 bits per heavy atom. The first-order valence-corrected chi connectivity index (χ1v) is 8.10. The molecule has 1 heterocycles. The highest BCUT2D eigenvalue weighted by molar-refractivity contribution is 9.10. The summed E-state index contributed by atoms with van der Waals surface area (Å²) in [6, 6.07) is 5.81. The minimum atomic E-state index is 0.503. The number of rotatable bonds is 3. The third-order valence-electron chi connectivity index (χ3n) is 3.26. The summed E-state index contributed by atoms with van der Waals surface area (Å²) in [7, 11) is 0. The Kier molecular flexibility index (Phi) is 3.82.